The maximum absolute atomic E-state index is 12.3. The molecule has 0 aromatic rings. The number of nitrogens with one attached hydrogen (secondary N) is 1. The lowest BCUT2D eigenvalue weighted by Crippen LogP contribution is -2.53. The number of amides is 3. The molecule has 0 saturated heterocycles. The summed E-state index contributed by atoms with van der Waals surface area (Å²) in [5.41, 5.74) is 5.10. The number of esters is 1. The topological polar surface area (TPSA) is 102 Å². The zero-order valence-electron chi connectivity index (χ0n) is 12.8. The molecule has 0 heterocycles. The first-order valence-corrected chi connectivity index (χ1v) is 6.63. The first-order chi connectivity index (χ1) is 9.24. The molecule has 3 N–H and O–H groups in total. The minimum Gasteiger partial charge on any atom is -0.469 e. The number of nitrogens with two attached hydrogens (primary N) is 1. The van der Waals surface area contributed by atoms with Gasteiger partial charge in [-0.05, 0) is 5.92 Å². The van der Waals surface area contributed by atoms with Crippen molar-refractivity contribution in [3.8, 4) is 0 Å². The van der Waals surface area contributed by atoms with E-state index in [-0.39, 0.29) is 24.3 Å². The Bertz CT molecular complexity index is 360. The minimum atomic E-state index is -0.738. The van der Waals surface area contributed by atoms with Crippen LogP contribution >= 0.6 is 0 Å². The van der Waals surface area contributed by atoms with Gasteiger partial charge in [-0.3, -0.25) is 9.59 Å². The molecule has 0 spiro atoms. The Morgan fingerprint density at radius 1 is 1.30 bits per heavy atom. The van der Waals surface area contributed by atoms with Crippen LogP contribution in [0.25, 0.3) is 0 Å². The first-order valence-electron chi connectivity index (χ1n) is 6.63. The molecule has 0 radical (unpaired) electrons. The average Bonchev–Trinajstić information content (AvgIpc) is 2.41. The molecule has 0 aromatic heterocycles. The molecule has 0 aromatic carbocycles. The van der Waals surface area contributed by atoms with Crippen molar-refractivity contribution < 1.29 is 19.1 Å². The number of nitrogens with zero attached hydrogens (tertiary/aromatic N) is 1. The molecule has 0 rings (SSSR count). The highest BCUT2D eigenvalue weighted by Crippen LogP contribution is 2.11. The maximum Gasteiger partial charge on any atom is 0.312 e. The molecule has 0 aliphatic heterocycles. The normalized spacial score (nSPS) is 14.8. The molecular weight excluding hydrogens is 262 g/mol. The Labute approximate surface area is 119 Å². The highest BCUT2D eigenvalue weighted by Gasteiger charge is 2.29. The summed E-state index contributed by atoms with van der Waals surface area (Å²) in [5, 5.41) is 2.46. The summed E-state index contributed by atoms with van der Waals surface area (Å²) in [6, 6.07) is -1.43. The van der Waals surface area contributed by atoms with Crippen LogP contribution in [0.15, 0.2) is 0 Å². The fourth-order valence-corrected chi connectivity index (χ4v) is 1.85. The van der Waals surface area contributed by atoms with Crippen LogP contribution < -0.4 is 11.1 Å². The minimum absolute atomic E-state index is 0.0501. The van der Waals surface area contributed by atoms with Crippen molar-refractivity contribution >= 4 is 17.9 Å². The molecular formula is C13H25N3O4. The smallest absolute Gasteiger partial charge is 0.312 e. The van der Waals surface area contributed by atoms with Crippen LogP contribution in [0.1, 0.15) is 27.2 Å². The lowest BCUT2D eigenvalue weighted by Gasteiger charge is -2.28. The van der Waals surface area contributed by atoms with E-state index in [1.54, 1.807) is 14.0 Å². The number of ether oxygens (including phenoxy) is 1. The molecule has 7 heteroatoms. The van der Waals surface area contributed by atoms with E-state index in [2.05, 4.69) is 10.1 Å². The van der Waals surface area contributed by atoms with Crippen LogP contribution in [0.3, 0.4) is 0 Å². The molecule has 20 heavy (non-hydrogen) atoms. The number of hydrogen-bond donors (Lipinski definition) is 2. The number of primary amides is 1. The van der Waals surface area contributed by atoms with Gasteiger partial charge in [-0.1, -0.05) is 27.2 Å². The Kier molecular flexibility index (Phi) is 7.64. The SMILES string of the molecule is CCC(C)C(NC(N)=O)C(=O)N(C)CC(C)C(=O)OC. The van der Waals surface area contributed by atoms with E-state index in [9.17, 15) is 14.4 Å². The standard InChI is InChI=1S/C13H25N3O4/c1-6-8(2)10(15-13(14)19)11(17)16(4)7-9(3)12(18)20-5/h8-10H,6-7H2,1-5H3,(H3,14,15,19). The van der Waals surface area contributed by atoms with E-state index in [0.717, 1.165) is 6.42 Å². The summed E-state index contributed by atoms with van der Waals surface area (Å²) >= 11 is 0. The van der Waals surface area contributed by atoms with Gasteiger partial charge in [0.25, 0.3) is 0 Å². The summed E-state index contributed by atoms with van der Waals surface area (Å²) < 4.78 is 4.62. The van der Waals surface area contributed by atoms with Crippen molar-refractivity contribution in [2.45, 2.75) is 33.2 Å². The average molecular weight is 287 g/mol. The highest BCUT2D eigenvalue weighted by atomic mass is 16.5. The lowest BCUT2D eigenvalue weighted by molar-refractivity contribution is -0.146. The van der Waals surface area contributed by atoms with Gasteiger partial charge < -0.3 is 20.7 Å². The van der Waals surface area contributed by atoms with Crippen molar-refractivity contribution in [1.29, 1.82) is 0 Å². The number of carbonyl (C=O) groups excluding carboxylic acids is 3. The van der Waals surface area contributed by atoms with Gasteiger partial charge in [0.2, 0.25) is 5.91 Å². The summed E-state index contributed by atoms with van der Waals surface area (Å²) in [4.78, 5) is 36.1. The Balaban J connectivity index is 4.79. The van der Waals surface area contributed by atoms with Gasteiger partial charge in [-0.15, -0.1) is 0 Å². The second-order valence-electron chi connectivity index (χ2n) is 5.01. The number of likely N-dealkylation sites (N-methyl/N-ethyl adjacent to an activating group) is 1. The van der Waals surface area contributed by atoms with Crippen molar-refractivity contribution in [1.82, 2.24) is 10.2 Å². The molecule has 0 aliphatic rings. The van der Waals surface area contributed by atoms with Crippen LogP contribution in [-0.4, -0.2) is 49.6 Å². The van der Waals surface area contributed by atoms with Crippen molar-refractivity contribution in [3.05, 3.63) is 0 Å². The third-order valence-corrected chi connectivity index (χ3v) is 3.30. The van der Waals surface area contributed by atoms with E-state index in [1.807, 2.05) is 13.8 Å². The molecule has 0 saturated carbocycles. The third-order valence-electron chi connectivity index (χ3n) is 3.30. The van der Waals surface area contributed by atoms with E-state index >= 15 is 0 Å². The second kappa shape index (κ2) is 8.39. The number of carbonyl (C=O) groups is 3. The predicted octanol–water partition coefficient (Wildman–Crippen LogP) is 0.337. The zero-order chi connectivity index (χ0) is 15.9. The van der Waals surface area contributed by atoms with Gasteiger partial charge in [0.15, 0.2) is 0 Å². The number of rotatable bonds is 7. The molecule has 3 amide bonds. The van der Waals surface area contributed by atoms with E-state index in [4.69, 9.17) is 5.73 Å². The number of urea groups is 1. The van der Waals surface area contributed by atoms with Crippen LogP contribution in [0.2, 0.25) is 0 Å². The highest BCUT2D eigenvalue weighted by molar-refractivity contribution is 5.87. The van der Waals surface area contributed by atoms with Gasteiger partial charge in [0, 0.05) is 13.6 Å². The molecule has 7 nitrogen and oxygen atoms in total. The van der Waals surface area contributed by atoms with Gasteiger partial charge in [-0.25, -0.2) is 4.79 Å². The summed E-state index contributed by atoms with van der Waals surface area (Å²) in [7, 11) is 2.89. The van der Waals surface area contributed by atoms with Crippen molar-refractivity contribution in [2.75, 3.05) is 20.7 Å². The zero-order valence-corrected chi connectivity index (χ0v) is 12.8. The summed E-state index contributed by atoms with van der Waals surface area (Å²) in [5.74, 6) is -1.13. The lowest BCUT2D eigenvalue weighted by atomic mass is 9.97. The predicted molar refractivity (Wildman–Crippen MR) is 74.8 cm³/mol. The Hall–Kier alpha value is -1.79. The molecule has 0 fully saturated rings. The Morgan fingerprint density at radius 2 is 1.85 bits per heavy atom. The molecule has 0 aliphatic carbocycles. The second-order valence-corrected chi connectivity index (χ2v) is 5.01. The quantitative estimate of drug-likeness (QED) is 0.659. The first kappa shape index (κ1) is 18.2. The van der Waals surface area contributed by atoms with Gasteiger partial charge in [-0.2, -0.15) is 0 Å². The summed E-state index contributed by atoms with van der Waals surface area (Å²) in [6.45, 7) is 5.68. The molecule has 0 bridgehead atoms. The van der Waals surface area contributed by atoms with Crippen LogP contribution in [0.4, 0.5) is 4.79 Å². The van der Waals surface area contributed by atoms with Crippen LogP contribution in [0, 0.1) is 11.8 Å². The fraction of sp³-hybridized carbons (Fsp3) is 0.769. The van der Waals surface area contributed by atoms with E-state index in [0.29, 0.717) is 0 Å². The van der Waals surface area contributed by atoms with E-state index < -0.39 is 18.0 Å². The molecule has 3 unspecified atom stereocenters. The van der Waals surface area contributed by atoms with Gasteiger partial charge in [0.05, 0.1) is 13.0 Å². The van der Waals surface area contributed by atoms with E-state index in [1.165, 1.54) is 12.0 Å². The van der Waals surface area contributed by atoms with Gasteiger partial charge >= 0.3 is 12.0 Å². The fourth-order valence-electron chi connectivity index (χ4n) is 1.85. The van der Waals surface area contributed by atoms with Crippen molar-refractivity contribution in [2.24, 2.45) is 17.6 Å². The monoisotopic (exact) mass is 287 g/mol. The van der Waals surface area contributed by atoms with Crippen LogP contribution in [-0.2, 0) is 14.3 Å². The maximum atomic E-state index is 12.3. The van der Waals surface area contributed by atoms with Gasteiger partial charge in [0.1, 0.15) is 6.04 Å². The summed E-state index contributed by atoms with van der Waals surface area (Å²) in [6.07, 6.45) is 0.719. The Morgan fingerprint density at radius 3 is 2.25 bits per heavy atom. The van der Waals surface area contributed by atoms with Crippen molar-refractivity contribution in [3.63, 3.8) is 0 Å². The third kappa shape index (κ3) is 5.46. The number of hydrogen-bond acceptors (Lipinski definition) is 4. The number of methoxy groups -OCH3 is 1. The van der Waals surface area contributed by atoms with Crippen LogP contribution in [0.5, 0.6) is 0 Å². The molecule has 116 valence electrons. The molecule has 3 atom stereocenters. The largest absolute Gasteiger partial charge is 0.469 e.